The molecular formula is C21H13ClN4O2S. The van der Waals surface area contributed by atoms with E-state index in [1.54, 1.807) is 12.1 Å². The highest BCUT2D eigenvalue weighted by Crippen LogP contribution is 2.38. The van der Waals surface area contributed by atoms with Crippen LogP contribution in [0.2, 0.25) is 5.02 Å². The van der Waals surface area contributed by atoms with Gasteiger partial charge in [-0.2, -0.15) is 4.98 Å². The summed E-state index contributed by atoms with van der Waals surface area (Å²) in [7, 11) is 0. The number of thioether (sulfide) groups is 1. The first-order chi connectivity index (χ1) is 14.2. The largest absolute Gasteiger partial charge is 0.335 e. The molecule has 0 atom stereocenters. The first-order valence-electron chi connectivity index (χ1n) is 8.74. The molecule has 8 heteroatoms. The van der Waals surface area contributed by atoms with E-state index in [2.05, 4.69) is 20.1 Å². The minimum absolute atomic E-state index is 0.265. The van der Waals surface area contributed by atoms with Crippen molar-refractivity contribution in [3.05, 3.63) is 70.0 Å². The van der Waals surface area contributed by atoms with Crippen molar-refractivity contribution in [2.45, 2.75) is 5.16 Å². The van der Waals surface area contributed by atoms with Gasteiger partial charge in [0.25, 0.3) is 11.3 Å². The van der Waals surface area contributed by atoms with Gasteiger partial charge in [-0.15, -0.1) is 0 Å². The highest BCUT2D eigenvalue weighted by Gasteiger charge is 2.23. The molecule has 0 radical (unpaired) electrons. The SMILES string of the molecule is CSc1nc2nc3onc(-c4ccccc4)c3c(-c3ccc(Cl)cc3)c2c(=O)[nH]1. The van der Waals surface area contributed by atoms with E-state index in [-0.39, 0.29) is 5.56 Å². The molecule has 0 amide bonds. The fourth-order valence-corrected chi connectivity index (χ4v) is 3.85. The molecule has 0 aliphatic heterocycles. The van der Waals surface area contributed by atoms with Crippen molar-refractivity contribution >= 4 is 45.5 Å². The Balaban J connectivity index is 1.97. The Hall–Kier alpha value is -3.16. The quantitative estimate of drug-likeness (QED) is 0.320. The summed E-state index contributed by atoms with van der Waals surface area (Å²) < 4.78 is 5.56. The summed E-state index contributed by atoms with van der Waals surface area (Å²) in [5, 5.41) is 6.40. The molecule has 1 N–H and O–H groups in total. The van der Waals surface area contributed by atoms with Crippen molar-refractivity contribution in [1.82, 2.24) is 20.1 Å². The average Bonchev–Trinajstić information content (AvgIpc) is 3.17. The molecule has 0 saturated carbocycles. The molecule has 0 unspecified atom stereocenters. The lowest BCUT2D eigenvalue weighted by Crippen LogP contribution is -2.11. The van der Waals surface area contributed by atoms with E-state index >= 15 is 0 Å². The number of nitrogens with one attached hydrogen (secondary N) is 1. The maximum Gasteiger partial charge on any atom is 0.261 e. The summed E-state index contributed by atoms with van der Waals surface area (Å²) >= 11 is 7.42. The van der Waals surface area contributed by atoms with Crippen molar-refractivity contribution in [3.8, 4) is 22.4 Å². The number of rotatable bonds is 3. The van der Waals surface area contributed by atoms with Gasteiger partial charge in [-0.3, -0.25) is 4.79 Å². The third-order valence-corrected chi connectivity index (χ3v) is 5.47. The first kappa shape index (κ1) is 17.9. The number of fused-ring (bicyclic) bond motifs is 2. The molecule has 0 aliphatic carbocycles. The fraction of sp³-hybridized carbons (Fsp3) is 0.0476. The van der Waals surface area contributed by atoms with Crippen molar-refractivity contribution in [2.24, 2.45) is 0 Å². The van der Waals surface area contributed by atoms with Gasteiger partial charge in [0.2, 0.25) is 0 Å². The van der Waals surface area contributed by atoms with Gasteiger partial charge in [0.05, 0.1) is 10.8 Å². The van der Waals surface area contributed by atoms with E-state index in [0.29, 0.717) is 43.6 Å². The second kappa shape index (κ2) is 7.02. The Morgan fingerprint density at radius 1 is 0.966 bits per heavy atom. The lowest BCUT2D eigenvalue weighted by atomic mass is 9.97. The molecule has 0 bridgehead atoms. The van der Waals surface area contributed by atoms with E-state index in [1.807, 2.05) is 48.7 Å². The van der Waals surface area contributed by atoms with Crippen molar-refractivity contribution in [1.29, 1.82) is 0 Å². The Kier molecular flexibility index (Phi) is 4.34. The minimum Gasteiger partial charge on any atom is -0.335 e. The van der Waals surface area contributed by atoms with Crippen LogP contribution in [0.5, 0.6) is 0 Å². The zero-order valence-electron chi connectivity index (χ0n) is 15.1. The van der Waals surface area contributed by atoms with Crippen molar-refractivity contribution in [3.63, 3.8) is 0 Å². The van der Waals surface area contributed by atoms with Crippen LogP contribution in [0.15, 0.2) is 69.1 Å². The molecule has 3 aromatic heterocycles. The molecule has 0 fully saturated rings. The molecule has 0 aliphatic rings. The number of pyridine rings is 1. The predicted molar refractivity (Wildman–Crippen MR) is 115 cm³/mol. The molecule has 29 heavy (non-hydrogen) atoms. The van der Waals surface area contributed by atoms with Gasteiger partial charge < -0.3 is 9.51 Å². The lowest BCUT2D eigenvalue weighted by molar-refractivity contribution is 0.452. The second-order valence-electron chi connectivity index (χ2n) is 6.34. The second-order valence-corrected chi connectivity index (χ2v) is 7.58. The molecule has 0 spiro atoms. The van der Waals surface area contributed by atoms with Gasteiger partial charge in [-0.25, -0.2) is 4.98 Å². The van der Waals surface area contributed by atoms with Crippen LogP contribution in [0.25, 0.3) is 44.5 Å². The van der Waals surface area contributed by atoms with Crippen molar-refractivity contribution < 1.29 is 4.52 Å². The molecule has 3 heterocycles. The molecular weight excluding hydrogens is 408 g/mol. The van der Waals surface area contributed by atoms with Crippen LogP contribution < -0.4 is 5.56 Å². The van der Waals surface area contributed by atoms with Gasteiger partial charge >= 0.3 is 0 Å². The number of hydrogen-bond donors (Lipinski definition) is 1. The summed E-state index contributed by atoms with van der Waals surface area (Å²) in [6, 6.07) is 16.9. The number of H-pyrrole nitrogens is 1. The van der Waals surface area contributed by atoms with E-state index in [9.17, 15) is 4.79 Å². The summed E-state index contributed by atoms with van der Waals surface area (Å²) in [6.07, 6.45) is 1.84. The summed E-state index contributed by atoms with van der Waals surface area (Å²) in [5.41, 5.74) is 3.33. The normalized spacial score (nSPS) is 11.4. The standard InChI is InChI=1S/C21H13ClN4O2S/c1-29-21-24-18-16(19(27)25-21)14(11-7-9-13(22)10-8-11)15-17(26-28-20(15)23-18)12-5-3-2-4-6-12/h2-10H,1H3,(H,23,24,25,27). The van der Waals surface area contributed by atoms with Gasteiger partial charge in [0.15, 0.2) is 10.8 Å². The third-order valence-electron chi connectivity index (χ3n) is 4.63. The maximum absolute atomic E-state index is 13.0. The Morgan fingerprint density at radius 3 is 2.45 bits per heavy atom. The summed E-state index contributed by atoms with van der Waals surface area (Å²) in [4.78, 5) is 24.8. The van der Waals surface area contributed by atoms with Gasteiger partial charge in [-0.05, 0) is 24.0 Å². The Labute approximate surface area is 173 Å². The van der Waals surface area contributed by atoms with Gasteiger partial charge in [0, 0.05) is 16.1 Å². The number of nitrogens with zero attached hydrogens (tertiary/aromatic N) is 3. The average molecular weight is 421 g/mol. The van der Waals surface area contributed by atoms with E-state index in [4.69, 9.17) is 16.1 Å². The number of halogens is 1. The molecule has 6 nitrogen and oxygen atoms in total. The highest BCUT2D eigenvalue weighted by molar-refractivity contribution is 7.98. The van der Waals surface area contributed by atoms with Gasteiger partial charge in [-0.1, -0.05) is 71.0 Å². The van der Waals surface area contributed by atoms with Crippen LogP contribution in [0.1, 0.15) is 0 Å². The molecule has 5 rings (SSSR count). The van der Waals surface area contributed by atoms with E-state index in [0.717, 1.165) is 11.1 Å². The lowest BCUT2D eigenvalue weighted by Gasteiger charge is -2.09. The molecule has 0 saturated heterocycles. The van der Waals surface area contributed by atoms with E-state index < -0.39 is 0 Å². The molecule has 5 aromatic rings. The molecule has 142 valence electrons. The molecule has 2 aromatic carbocycles. The zero-order chi connectivity index (χ0) is 20.0. The number of hydrogen-bond acceptors (Lipinski definition) is 6. The van der Waals surface area contributed by atoms with Crippen LogP contribution in [0, 0.1) is 0 Å². The third kappa shape index (κ3) is 2.99. The predicted octanol–water partition coefficient (Wildman–Crippen LogP) is 5.17. The highest BCUT2D eigenvalue weighted by atomic mass is 35.5. The van der Waals surface area contributed by atoms with Crippen LogP contribution >= 0.6 is 23.4 Å². The summed E-state index contributed by atoms with van der Waals surface area (Å²) in [5.74, 6) is 0. The fourth-order valence-electron chi connectivity index (χ4n) is 3.35. The Bertz CT molecular complexity index is 1410. The van der Waals surface area contributed by atoms with Crippen LogP contribution in [-0.2, 0) is 0 Å². The zero-order valence-corrected chi connectivity index (χ0v) is 16.7. The number of aromatic amines is 1. The van der Waals surface area contributed by atoms with Crippen molar-refractivity contribution in [2.75, 3.05) is 6.26 Å². The first-order valence-corrected chi connectivity index (χ1v) is 10.3. The van der Waals surface area contributed by atoms with Crippen LogP contribution in [0.4, 0.5) is 0 Å². The minimum atomic E-state index is -0.265. The summed E-state index contributed by atoms with van der Waals surface area (Å²) in [6.45, 7) is 0. The number of aromatic nitrogens is 4. The maximum atomic E-state index is 13.0. The smallest absolute Gasteiger partial charge is 0.261 e. The number of benzene rings is 2. The topological polar surface area (TPSA) is 84.7 Å². The Morgan fingerprint density at radius 2 is 1.72 bits per heavy atom. The van der Waals surface area contributed by atoms with Gasteiger partial charge in [0.1, 0.15) is 5.69 Å². The monoisotopic (exact) mass is 420 g/mol. The van der Waals surface area contributed by atoms with E-state index in [1.165, 1.54) is 11.8 Å². The van der Waals surface area contributed by atoms with Crippen LogP contribution in [0.3, 0.4) is 0 Å². The van der Waals surface area contributed by atoms with Crippen LogP contribution in [-0.4, -0.2) is 26.4 Å².